The van der Waals surface area contributed by atoms with Crippen LogP contribution in [0.1, 0.15) is 60.8 Å². The van der Waals surface area contributed by atoms with E-state index in [9.17, 15) is 22.0 Å². The summed E-state index contributed by atoms with van der Waals surface area (Å²) in [7, 11) is 0. The fourth-order valence-corrected chi connectivity index (χ4v) is 5.13. The minimum atomic E-state index is -4.71. The predicted octanol–water partition coefficient (Wildman–Crippen LogP) is 7.74. The molecular formula is C26H27F5O. The molecule has 0 saturated heterocycles. The highest BCUT2D eigenvalue weighted by Crippen LogP contribution is 2.42. The van der Waals surface area contributed by atoms with E-state index >= 15 is 0 Å². The van der Waals surface area contributed by atoms with E-state index in [1.165, 1.54) is 12.1 Å². The molecule has 6 heteroatoms. The van der Waals surface area contributed by atoms with Crippen LogP contribution < -0.4 is 4.74 Å². The molecule has 0 aliphatic heterocycles. The summed E-state index contributed by atoms with van der Waals surface area (Å²) in [6, 6.07) is 11.8. The van der Waals surface area contributed by atoms with Gasteiger partial charge in [0.15, 0.2) is 0 Å². The third kappa shape index (κ3) is 5.16. The smallest absolute Gasteiger partial charge is 0.406 e. The Hall–Kier alpha value is -2.37. The van der Waals surface area contributed by atoms with Crippen LogP contribution in [-0.4, -0.2) is 18.7 Å². The van der Waals surface area contributed by atoms with E-state index in [2.05, 4.69) is 4.74 Å². The summed E-state index contributed by atoms with van der Waals surface area (Å²) >= 11 is 0. The Balaban J connectivity index is 1.45. The van der Waals surface area contributed by atoms with Gasteiger partial charge in [-0.1, -0.05) is 56.2 Å². The molecule has 1 saturated carbocycles. The van der Waals surface area contributed by atoms with Crippen molar-refractivity contribution in [3.8, 4) is 5.75 Å². The lowest BCUT2D eigenvalue weighted by Crippen LogP contribution is -2.33. The molecule has 2 unspecified atom stereocenters. The monoisotopic (exact) mass is 450 g/mol. The normalized spacial score (nSPS) is 25.8. The Kier molecular flexibility index (Phi) is 6.59. The number of hydrogen-bond donors (Lipinski definition) is 0. The molecule has 1 fully saturated rings. The first kappa shape index (κ1) is 22.8. The maximum absolute atomic E-state index is 14.8. The van der Waals surface area contributed by atoms with E-state index in [0.29, 0.717) is 31.2 Å². The number of alkyl halides is 5. The number of halogens is 5. The van der Waals surface area contributed by atoms with E-state index in [1.54, 1.807) is 6.07 Å². The molecule has 4 rings (SSSR count). The Labute approximate surface area is 185 Å². The summed E-state index contributed by atoms with van der Waals surface area (Å²) in [4.78, 5) is 0. The van der Waals surface area contributed by atoms with Gasteiger partial charge in [-0.3, -0.25) is 0 Å². The number of allylic oxidation sites excluding steroid dienone is 2. The van der Waals surface area contributed by atoms with Crippen LogP contribution in [0.5, 0.6) is 5.75 Å². The molecule has 0 spiro atoms. The first-order valence-electron chi connectivity index (χ1n) is 11.2. The van der Waals surface area contributed by atoms with Crippen LogP contribution in [0.25, 0.3) is 5.57 Å². The maximum atomic E-state index is 14.8. The Morgan fingerprint density at radius 2 is 1.62 bits per heavy atom. The Morgan fingerprint density at radius 1 is 0.938 bits per heavy atom. The fraction of sp³-hybridized carbons (Fsp3) is 0.462. The average Bonchev–Trinajstić information content (AvgIpc) is 2.72. The lowest BCUT2D eigenvalue weighted by Gasteiger charge is -2.35. The number of hydrogen-bond acceptors (Lipinski definition) is 1. The quantitative estimate of drug-likeness (QED) is 0.424. The van der Waals surface area contributed by atoms with Crippen molar-refractivity contribution < 1.29 is 26.7 Å². The number of benzene rings is 2. The van der Waals surface area contributed by atoms with E-state index in [0.717, 1.165) is 35.1 Å². The SMILES string of the molecule is CCCC1CC(F)C(c2ccc(C3=CCc4cc(OC(F)(F)F)ccc4C3)cc2)C(F)C1. The van der Waals surface area contributed by atoms with Gasteiger partial charge in [0.25, 0.3) is 0 Å². The molecule has 2 aromatic rings. The molecule has 0 bridgehead atoms. The molecular weight excluding hydrogens is 423 g/mol. The van der Waals surface area contributed by atoms with Crippen molar-refractivity contribution in [3.05, 3.63) is 70.8 Å². The third-order valence-corrected chi connectivity index (χ3v) is 6.62. The second kappa shape index (κ2) is 9.24. The number of rotatable bonds is 5. The first-order valence-corrected chi connectivity index (χ1v) is 11.2. The molecule has 2 atom stereocenters. The van der Waals surface area contributed by atoms with Gasteiger partial charge >= 0.3 is 6.36 Å². The van der Waals surface area contributed by atoms with Gasteiger partial charge in [-0.05, 0) is 71.6 Å². The number of fused-ring (bicyclic) bond motifs is 1. The second-order valence-corrected chi connectivity index (χ2v) is 8.89. The topological polar surface area (TPSA) is 9.23 Å². The van der Waals surface area contributed by atoms with Gasteiger partial charge in [-0.2, -0.15) is 0 Å². The average molecular weight is 450 g/mol. The highest BCUT2D eigenvalue weighted by molar-refractivity contribution is 5.71. The van der Waals surface area contributed by atoms with Crippen molar-refractivity contribution in [2.24, 2.45) is 5.92 Å². The molecule has 0 radical (unpaired) electrons. The van der Waals surface area contributed by atoms with Crippen LogP contribution in [0.4, 0.5) is 22.0 Å². The van der Waals surface area contributed by atoms with Gasteiger partial charge in [0.1, 0.15) is 18.1 Å². The zero-order chi connectivity index (χ0) is 22.9. The van der Waals surface area contributed by atoms with Gasteiger partial charge in [-0.25, -0.2) is 8.78 Å². The summed E-state index contributed by atoms with van der Waals surface area (Å²) in [6.45, 7) is 2.04. The summed E-state index contributed by atoms with van der Waals surface area (Å²) in [5, 5.41) is 0. The number of ether oxygens (including phenoxy) is 1. The van der Waals surface area contributed by atoms with Gasteiger partial charge < -0.3 is 4.74 Å². The lowest BCUT2D eigenvalue weighted by molar-refractivity contribution is -0.274. The first-order chi connectivity index (χ1) is 15.2. The third-order valence-electron chi connectivity index (χ3n) is 6.62. The summed E-state index contributed by atoms with van der Waals surface area (Å²) in [5.41, 5.74) is 4.45. The molecule has 172 valence electrons. The fourth-order valence-electron chi connectivity index (χ4n) is 5.13. The van der Waals surface area contributed by atoms with E-state index in [1.807, 2.05) is 37.3 Å². The van der Waals surface area contributed by atoms with Gasteiger partial charge in [0, 0.05) is 5.92 Å². The molecule has 0 N–H and O–H groups in total. The van der Waals surface area contributed by atoms with Crippen molar-refractivity contribution in [1.29, 1.82) is 0 Å². The zero-order valence-corrected chi connectivity index (χ0v) is 18.0. The van der Waals surface area contributed by atoms with Gasteiger partial charge in [0.2, 0.25) is 0 Å². The van der Waals surface area contributed by atoms with Gasteiger partial charge in [-0.15, -0.1) is 13.2 Å². The van der Waals surface area contributed by atoms with Gasteiger partial charge in [0.05, 0.1) is 0 Å². The molecule has 2 aromatic carbocycles. The van der Waals surface area contributed by atoms with Crippen LogP contribution >= 0.6 is 0 Å². The van der Waals surface area contributed by atoms with E-state index in [4.69, 9.17) is 0 Å². The molecule has 0 aromatic heterocycles. The van der Waals surface area contributed by atoms with Crippen molar-refractivity contribution in [2.45, 2.75) is 70.1 Å². The minimum Gasteiger partial charge on any atom is -0.406 e. The molecule has 32 heavy (non-hydrogen) atoms. The molecule has 2 aliphatic rings. The van der Waals surface area contributed by atoms with E-state index in [-0.39, 0.29) is 11.7 Å². The maximum Gasteiger partial charge on any atom is 0.573 e. The summed E-state index contributed by atoms with van der Waals surface area (Å²) in [6.07, 6.45) is -1.33. The largest absolute Gasteiger partial charge is 0.573 e. The van der Waals surface area contributed by atoms with Crippen molar-refractivity contribution >= 4 is 5.57 Å². The summed E-state index contributed by atoms with van der Waals surface area (Å²) in [5.74, 6) is -0.812. The van der Waals surface area contributed by atoms with Crippen LogP contribution in [0.3, 0.4) is 0 Å². The lowest BCUT2D eigenvalue weighted by atomic mass is 9.74. The standard InChI is InChI=1S/C26H27F5O/c1-2-3-16-12-23(27)25(24(28)13-16)18-6-4-17(5-7-18)19-8-9-21-15-22(32-26(29,30)31)11-10-20(21)14-19/h4-8,10-11,15-16,23-25H,2-3,9,12-14H2,1H3. The van der Waals surface area contributed by atoms with Crippen LogP contribution in [-0.2, 0) is 12.8 Å². The molecule has 0 heterocycles. The van der Waals surface area contributed by atoms with Crippen LogP contribution in [0.2, 0.25) is 0 Å². The van der Waals surface area contributed by atoms with Crippen molar-refractivity contribution in [1.82, 2.24) is 0 Å². The van der Waals surface area contributed by atoms with Crippen LogP contribution in [0.15, 0.2) is 48.5 Å². The second-order valence-electron chi connectivity index (χ2n) is 8.89. The van der Waals surface area contributed by atoms with Crippen LogP contribution in [0, 0.1) is 5.92 Å². The highest BCUT2D eigenvalue weighted by atomic mass is 19.4. The minimum absolute atomic E-state index is 0.120. The van der Waals surface area contributed by atoms with Crippen molar-refractivity contribution in [2.75, 3.05) is 0 Å². The summed E-state index contributed by atoms with van der Waals surface area (Å²) < 4.78 is 70.9. The van der Waals surface area contributed by atoms with Crippen molar-refractivity contribution in [3.63, 3.8) is 0 Å². The van der Waals surface area contributed by atoms with E-state index < -0.39 is 24.6 Å². The predicted molar refractivity (Wildman–Crippen MR) is 115 cm³/mol. The Morgan fingerprint density at radius 3 is 2.25 bits per heavy atom. The molecule has 0 amide bonds. The highest BCUT2D eigenvalue weighted by Gasteiger charge is 2.39. The zero-order valence-electron chi connectivity index (χ0n) is 18.0. The molecule has 1 nitrogen and oxygen atoms in total. The Bertz CT molecular complexity index is 951. The molecule has 2 aliphatic carbocycles.